The predicted octanol–water partition coefficient (Wildman–Crippen LogP) is 6.52. The van der Waals surface area contributed by atoms with Gasteiger partial charge in [0.2, 0.25) is 5.91 Å². The van der Waals surface area contributed by atoms with Crippen LogP contribution in [0.25, 0.3) is 0 Å². The number of rotatable bonds is 12. The molecule has 0 spiro atoms. The summed E-state index contributed by atoms with van der Waals surface area (Å²) in [7, 11) is 1.82. The smallest absolute Gasteiger partial charge is 0.254 e. The molecular weight excluding hydrogens is 520 g/mol. The SMILES string of the molecule is CN(C(=O)c1ccccc1)C1(C(=O)N(Cc2ccccc2)C(CCc2ccncc2)CCc2ccncc2)CCCC1. The van der Waals surface area contributed by atoms with Crippen molar-refractivity contribution in [1.82, 2.24) is 19.8 Å². The molecule has 2 aromatic heterocycles. The van der Waals surface area contributed by atoms with E-state index in [9.17, 15) is 4.79 Å². The number of likely N-dealkylation sites (N-methyl/N-ethyl adjacent to an activating group) is 1. The monoisotopic (exact) mass is 560 g/mol. The third-order valence-corrected chi connectivity index (χ3v) is 8.72. The van der Waals surface area contributed by atoms with Crippen LogP contribution in [0.5, 0.6) is 0 Å². The van der Waals surface area contributed by atoms with E-state index in [-0.39, 0.29) is 17.9 Å². The van der Waals surface area contributed by atoms with Gasteiger partial charge in [-0.05, 0) is 91.6 Å². The average molecular weight is 561 g/mol. The van der Waals surface area contributed by atoms with Gasteiger partial charge < -0.3 is 9.80 Å². The molecule has 1 aliphatic carbocycles. The molecule has 6 heteroatoms. The van der Waals surface area contributed by atoms with E-state index in [0.717, 1.165) is 44.1 Å². The Bertz CT molecular complexity index is 1360. The van der Waals surface area contributed by atoms with Gasteiger partial charge in [-0.15, -0.1) is 0 Å². The molecule has 2 amide bonds. The Morgan fingerprint density at radius 3 is 1.74 bits per heavy atom. The van der Waals surface area contributed by atoms with Crippen LogP contribution in [0.3, 0.4) is 0 Å². The van der Waals surface area contributed by atoms with Gasteiger partial charge >= 0.3 is 0 Å². The van der Waals surface area contributed by atoms with E-state index in [4.69, 9.17) is 0 Å². The number of pyridine rings is 2. The van der Waals surface area contributed by atoms with Crippen LogP contribution in [0.2, 0.25) is 0 Å². The van der Waals surface area contributed by atoms with Gasteiger partial charge in [-0.1, -0.05) is 61.4 Å². The number of hydrogen-bond donors (Lipinski definition) is 0. The highest BCUT2D eigenvalue weighted by Crippen LogP contribution is 2.38. The first-order chi connectivity index (χ1) is 20.6. The van der Waals surface area contributed by atoms with Crippen LogP contribution < -0.4 is 0 Å². The molecule has 216 valence electrons. The summed E-state index contributed by atoms with van der Waals surface area (Å²) in [6.45, 7) is 0.506. The van der Waals surface area contributed by atoms with Crippen LogP contribution in [-0.2, 0) is 24.2 Å². The van der Waals surface area contributed by atoms with Crippen LogP contribution in [0, 0.1) is 0 Å². The second kappa shape index (κ2) is 14.0. The summed E-state index contributed by atoms with van der Waals surface area (Å²) in [5.74, 6) is -0.0410. The molecule has 5 rings (SSSR count). The Balaban J connectivity index is 1.49. The fourth-order valence-corrected chi connectivity index (χ4v) is 6.26. The number of carbonyl (C=O) groups is 2. The third-order valence-electron chi connectivity index (χ3n) is 8.72. The molecule has 6 nitrogen and oxygen atoms in total. The van der Waals surface area contributed by atoms with E-state index in [1.54, 1.807) is 4.90 Å². The maximum absolute atomic E-state index is 15.0. The molecule has 0 bridgehead atoms. The normalized spacial score (nSPS) is 14.0. The zero-order valence-corrected chi connectivity index (χ0v) is 24.4. The van der Waals surface area contributed by atoms with E-state index in [0.29, 0.717) is 24.9 Å². The summed E-state index contributed by atoms with van der Waals surface area (Å²) in [5.41, 5.74) is 3.25. The first-order valence-electron chi connectivity index (χ1n) is 15.0. The second-order valence-corrected chi connectivity index (χ2v) is 11.3. The average Bonchev–Trinajstić information content (AvgIpc) is 3.56. The van der Waals surface area contributed by atoms with Gasteiger partial charge in [0.1, 0.15) is 5.54 Å². The highest BCUT2D eigenvalue weighted by Gasteiger charge is 2.49. The second-order valence-electron chi connectivity index (χ2n) is 11.3. The van der Waals surface area contributed by atoms with Crippen molar-refractivity contribution < 1.29 is 9.59 Å². The molecule has 1 saturated carbocycles. The van der Waals surface area contributed by atoms with E-state index in [2.05, 4.69) is 27.0 Å². The summed E-state index contributed by atoms with van der Waals surface area (Å²) in [5, 5.41) is 0. The van der Waals surface area contributed by atoms with Gasteiger partial charge in [0.25, 0.3) is 5.91 Å². The quantitative estimate of drug-likeness (QED) is 0.198. The number of aryl methyl sites for hydroxylation is 2. The Hall–Kier alpha value is -4.32. The molecule has 0 aliphatic heterocycles. The Morgan fingerprint density at radius 1 is 0.714 bits per heavy atom. The van der Waals surface area contributed by atoms with E-state index < -0.39 is 5.54 Å². The van der Waals surface area contributed by atoms with Crippen molar-refractivity contribution >= 4 is 11.8 Å². The number of carbonyl (C=O) groups excluding carboxylic acids is 2. The summed E-state index contributed by atoms with van der Waals surface area (Å²) in [6.07, 6.45) is 13.8. The highest BCUT2D eigenvalue weighted by molar-refractivity contribution is 5.99. The van der Waals surface area contributed by atoms with Crippen LogP contribution in [0.1, 0.15) is 65.6 Å². The molecule has 2 aromatic carbocycles. The summed E-state index contributed by atoms with van der Waals surface area (Å²) < 4.78 is 0. The fraction of sp³-hybridized carbons (Fsp3) is 0.333. The minimum atomic E-state index is -0.868. The first-order valence-corrected chi connectivity index (χ1v) is 15.0. The molecule has 2 heterocycles. The molecule has 0 unspecified atom stereocenters. The lowest BCUT2D eigenvalue weighted by Crippen LogP contribution is -2.60. The topological polar surface area (TPSA) is 66.4 Å². The molecule has 1 aliphatic rings. The summed E-state index contributed by atoms with van der Waals surface area (Å²) in [6, 6.07) is 27.7. The molecule has 0 atom stereocenters. The Labute approximate surface area is 249 Å². The molecule has 0 radical (unpaired) electrons. The summed E-state index contributed by atoms with van der Waals surface area (Å²) >= 11 is 0. The number of aromatic nitrogens is 2. The molecule has 1 fully saturated rings. The van der Waals surface area contributed by atoms with Crippen molar-refractivity contribution in [2.24, 2.45) is 0 Å². The molecule has 0 N–H and O–H groups in total. The van der Waals surface area contributed by atoms with Crippen LogP contribution in [0.4, 0.5) is 0 Å². The van der Waals surface area contributed by atoms with Crippen molar-refractivity contribution in [2.45, 2.75) is 69.5 Å². The van der Waals surface area contributed by atoms with Gasteiger partial charge in [-0.3, -0.25) is 19.6 Å². The fourth-order valence-electron chi connectivity index (χ4n) is 6.26. The van der Waals surface area contributed by atoms with Crippen molar-refractivity contribution in [3.63, 3.8) is 0 Å². The van der Waals surface area contributed by atoms with Crippen LogP contribution >= 0.6 is 0 Å². The van der Waals surface area contributed by atoms with Crippen molar-refractivity contribution in [1.29, 1.82) is 0 Å². The van der Waals surface area contributed by atoms with E-state index in [1.165, 1.54) is 11.1 Å². The predicted molar refractivity (Wildman–Crippen MR) is 166 cm³/mol. The largest absolute Gasteiger partial charge is 0.333 e. The van der Waals surface area contributed by atoms with Gasteiger partial charge in [0.05, 0.1) is 0 Å². The number of benzene rings is 2. The Morgan fingerprint density at radius 2 is 1.21 bits per heavy atom. The van der Waals surface area contributed by atoms with Gasteiger partial charge in [0.15, 0.2) is 0 Å². The van der Waals surface area contributed by atoms with Crippen molar-refractivity contribution in [3.05, 3.63) is 132 Å². The maximum atomic E-state index is 15.0. The summed E-state index contributed by atoms with van der Waals surface area (Å²) in [4.78, 5) is 41.0. The van der Waals surface area contributed by atoms with Crippen molar-refractivity contribution in [2.75, 3.05) is 7.05 Å². The Kier molecular flexibility index (Phi) is 9.75. The zero-order valence-electron chi connectivity index (χ0n) is 24.4. The first kappa shape index (κ1) is 29.2. The number of amides is 2. The van der Waals surface area contributed by atoms with Gasteiger partial charge in [0, 0.05) is 50.0 Å². The van der Waals surface area contributed by atoms with E-state index in [1.807, 2.05) is 105 Å². The van der Waals surface area contributed by atoms with Crippen LogP contribution in [-0.4, -0.2) is 50.2 Å². The zero-order chi connectivity index (χ0) is 29.2. The lowest BCUT2D eigenvalue weighted by atomic mass is 9.89. The lowest BCUT2D eigenvalue weighted by Gasteiger charge is -2.44. The van der Waals surface area contributed by atoms with E-state index >= 15 is 4.79 Å². The van der Waals surface area contributed by atoms with Gasteiger partial charge in [-0.25, -0.2) is 0 Å². The van der Waals surface area contributed by atoms with Gasteiger partial charge in [-0.2, -0.15) is 0 Å². The highest BCUT2D eigenvalue weighted by atomic mass is 16.2. The number of hydrogen-bond acceptors (Lipinski definition) is 4. The maximum Gasteiger partial charge on any atom is 0.254 e. The molecule has 42 heavy (non-hydrogen) atoms. The van der Waals surface area contributed by atoms with Crippen LogP contribution in [0.15, 0.2) is 110 Å². The molecule has 4 aromatic rings. The van der Waals surface area contributed by atoms with Crippen molar-refractivity contribution in [3.8, 4) is 0 Å². The minimum Gasteiger partial charge on any atom is -0.333 e. The lowest BCUT2D eigenvalue weighted by molar-refractivity contribution is -0.146. The molecular formula is C36H40N4O2. The third kappa shape index (κ3) is 6.93. The number of nitrogens with zero attached hydrogens (tertiary/aromatic N) is 4. The minimum absolute atomic E-state index is 0.0169. The standard InChI is InChI=1S/C36H40N4O2/c1-39(34(41)32-12-6-3-7-13-32)36(22-8-9-23-36)35(42)40(28-31-10-4-2-5-11-31)33(16-14-29-18-24-37-25-19-29)17-15-30-20-26-38-27-21-30/h2-7,10-13,18-21,24-27,33H,8-9,14-17,22-23,28H2,1H3. The molecule has 0 saturated heterocycles.